The normalized spacial score (nSPS) is 11.2. The van der Waals surface area contributed by atoms with E-state index in [4.69, 9.17) is 9.47 Å². The number of thiophene rings is 1. The lowest BCUT2D eigenvalue weighted by atomic mass is 10.2. The zero-order chi connectivity index (χ0) is 21.0. The van der Waals surface area contributed by atoms with E-state index in [-0.39, 0.29) is 11.7 Å². The van der Waals surface area contributed by atoms with Gasteiger partial charge in [0.1, 0.15) is 15.5 Å². The number of hydrogen-bond acceptors (Lipinski definition) is 6. The van der Waals surface area contributed by atoms with Crippen LogP contribution in [0.25, 0.3) is 10.2 Å². The van der Waals surface area contributed by atoms with Gasteiger partial charge in [0.25, 0.3) is 5.56 Å². The van der Waals surface area contributed by atoms with Crippen molar-refractivity contribution in [1.82, 2.24) is 9.55 Å². The molecule has 0 saturated carbocycles. The van der Waals surface area contributed by atoms with Crippen LogP contribution in [0.2, 0.25) is 0 Å². The number of benzene rings is 1. The van der Waals surface area contributed by atoms with Crippen molar-refractivity contribution in [2.24, 2.45) is 0 Å². The van der Waals surface area contributed by atoms with Gasteiger partial charge in [-0.05, 0) is 58.2 Å². The average Bonchev–Trinajstić information content (AvgIpc) is 3.01. The minimum atomic E-state index is -0.403. The van der Waals surface area contributed by atoms with Crippen LogP contribution in [0.1, 0.15) is 47.5 Å². The Morgan fingerprint density at radius 1 is 1.17 bits per heavy atom. The van der Waals surface area contributed by atoms with Crippen LogP contribution in [0.3, 0.4) is 0 Å². The summed E-state index contributed by atoms with van der Waals surface area (Å²) >= 11 is 1.21. The second-order valence-electron chi connectivity index (χ2n) is 7.30. The van der Waals surface area contributed by atoms with Gasteiger partial charge < -0.3 is 9.47 Å². The van der Waals surface area contributed by atoms with Crippen LogP contribution in [-0.2, 0) is 11.3 Å². The van der Waals surface area contributed by atoms with E-state index in [2.05, 4.69) is 4.98 Å². The summed E-state index contributed by atoms with van der Waals surface area (Å²) in [7, 11) is 0. The maximum atomic E-state index is 12.9. The molecule has 154 valence electrons. The minimum Gasteiger partial charge on any atom is -0.494 e. The summed E-state index contributed by atoms with van der Waals surface area (Å²) < 4.78 is 12.6. The molecule has 2 aromatic heterocycles. The number of ether oxygens (including phenoxy) is 2. The van der Waals surface area contributed by atoms with Crippen LogP contribution in [0.15, 0.2) is 35.4 Å². The van der Waals surface area contributed by atoms with Gasteiger partial charge in [-0.1, -0.05) is 17.7 Å². The fourth-order valence-corrected chi connectivity index (χ4v) is 4.01. The Morgan fingerprint density at radius 2 is 1.90 bits per heavy atom. The zero-order valence-corrected chi connectivity index (χ0v) is 18.0. The molecule has 0 spiro atoms. The Balaban J connectivity index is 1.63. The highest BCUT2D eigenvalue weighted by Gasteiger charge is 2.21. The van der Waals surface area contributed by atoms with Crippen molar-refractivity contribution in [3.8, 4) is 5.75 Å². The Kier molecular flexibility index (Phi) is 6.69. The Bertz CT molecular complexity index is 1050. The summed E-state index contributed by atoms with van der Waals surface area (Å²) in [6.07, 6.45) is 2.97. The number of carbonyl (C=O) groups is 1. The summed E-state index contributed by atoms with van der Waals surface area (Å²) in [5.41, 5.74) is 1.72. The molecule has 0 radical (unpaired) electrons. The van der Waals surface area contributed by atoms with Crippen LogP contribution >= 0.6 is 11.3 Å². The maximum Gasteiger partial charge on any atom is 0.348 e. The van der Waals surface area contributed by atoms with Crippen molar-refractivity contribution in [3.05, 3.63) is 57.0 Å². The second-order valence-corrected chi connectivity index (χ2v) is 8.30. The van der Waals surface area contributed by atoms with Gasteiger partial charge in [0.2, 0.25) is 0 Å². The second kappa shape index (κ2) is 9.22. The number of nitrogens with zero attached hydrogens (tertiary/aromatic N) is 2. The lowest BCUT2D eigenvalue weighted by Gasteiger charge is -2.08. The molecule has 0 fully saturated rings. The number of esters is 1. The van der Waals surface area contributed by atoms with Crippen molar-refractivity contribution >= 4 is 27.5 Å². The van der Waals surface area contributed by atoms with E-state index in [1.54, 1.807) is 31.7 Å². The van der Waals surface area contributed by atoms with Gasteiger partial charge in [-0.15, -0.1) is 11.3 Å². The molecule has 0 amide bonds. The molecular formula is C22H26N2O4S. The Hall–Kier alpha value is -2.67. The molecule has 6 nitrogen and oxygen atoms in total. The monoisotopic (exact) mass is 414 g/mol. The van der Waals surface area contributed by atoms with E-state index in [0.717, 1.165) is 18.6 Å². The third-order valence-electron chi connectivity index (χ3n) is 4.53. The van der Waals surface area contributed by atoms with Crippen LogP contribution in [0.5, 0.6) is 5.75 Å². The molecule has 0 aliphatic heterocycles. The summed E-state index contributed by atoms with van der Waals surface area (Å²) in [6, 6.07) is 7.95. The predicted octanol–water partition coefficient (Wildman–Crippen LogP) is 4.50. The van der Waals surface area contributed by atoms with Crippen LogP contribution < -0.4 is 10.3 Å². The van der Waals surface area contributed by atoms with Crippen LogP contribution in [-0.4, -0.2) is 28.2 Å². The molecular weight excluding hydrogens is 388 g/mol. The molecule has 0 atom stereocenters. The first-order valence-corrected chi connectivity index (χ1v) is 10.6. The molecule has 0 bridgehead atoms. The van der Waals surface area contributed by atoms with Crippen LogP contribution in [0, 0.1) is 13.8 Å². The topological polar surface area (TPSA) is 70.4 Å². The standard InChI is InChI=1S/C22H26N2O4S/c1-14(2)28-22(26)19-16(4)18-20(29-19)23-13-24(21(18)25)11-5-6-12-27-17-9-7-15(3)8-10-17/h7-10,13-14H,5-6,11-12H2,1-4H3. The average molecular weight is 415 g/mol. The first-order chi connectivity index (χ1) is 13.9. The fraction of sp³-hybridized carbons (Fsp3) is 0.409. The van der Waals surface area contributed by atoms with Gasteiger partial charge >= 0.3 is 5.97 Å². The minimum absolute atomic E-state index is 0.119. The summed E-state index contributed by atoms with van der Waals surface area (Å²) in [6.45, 7) is 8.56. The Morgan fingerprint density at radius 3 is 2.59 bits per heavy atom. The van der Waals surface area contributed by atoms with Gasteiger partial charge in [0, 0.05) is 6.54 Å². The number of hydrogen-bond donors (Lipinski definition) is 0. The molecule has 3 rings (SSSR count). The number of fused-ring (bicyclic) bond motifs is 1. The van der Waals surface area contributed by atoms with E-state index in [0.29, 0.717) is 33.8 Å². The first kappa shape index (κ1) is 21.0. The van der Waals surface area contributed by atoms with Crippen LogP contribution in [0.4, 0.5) is 0 Å². The summed E-state index contributed by atoms with van der Waals surface area (Å²) in [5, 5.41) is 0.504. The highest BCUT2D eigenvalue weighted by atomic mass is 32.1. The quantitative estimate of drug-likeness (QED) is 0.401. The maximum absolute atomic E-state index is 12.9. The summed E-state index contributed by atoms with van der Waals surface area (Å²) in [5.74, 6) is 0.449. The molecule has 0 aliphatic rings. The molecule has 0 saturated heterocycles. The fourth-order valence-electron chi connectivity index (χ4n) is 2.99. The zero-order valence-electron chi connectivity index (χ0n) is 17.2. The molecule has 0 aliphatic carbocycles. The van der Waals surface area contributed by atoms with Crippen molar-refractivity contribution < 1.29 is 14.3 Å². The van der Waals surface area contributed by atoms with E-state index in [1.807, 2.05) is 31.2 Å². The van der Waals surface area contributed by atoms with Gasteiger partial charge in [0.15, 0.2) is 0 Å². The molecule has 7 heteroatoms. The van der Waals surface area contributed by atoms with Gasteiger partial charge in [-0.25, -0.2) is 9.78 Å². The largest absolute Gasteiger partial charge is 0.494 e. The number of aryl methyl sites for hydroxylation is 3. The van der Waals surface area contributed by atoms with Crippen molar-refractivity contribution in [2.45, 2.75) is 53.2 Å². The van der Waals surface area contributed by atoms with E-state index in [9.17, 15) is 9.59 Å². The Labute approximate surface area is 174 Å². The number of unbranched alkanes of at least 4 members (excludes halogenated alkanes) is 1. The number of carbonyl (C=O) groups excluding carboxylic acids is 1. The van der Waals surface area contributed by atoms with Gasteiger partial charge in [-0.3, -0.25) is 9.36 Å². The number of rotatable bonds is 8. The molecule has 3 aromatic rings. The first-order valence-electron chi connectivity index (χ1n) is 9.76. The van der Waals surface area contributed by atoms with Gasteiger partial charge in [-0.2, -0.15) is 0 Å². The summed E-state index contributed by atoms with van der Waals surface area (Å²) in [4.78, 5) is 30.5. The molecule has 2 heterocycles. The lowest BCUT2D eigenvalue weighted by Crippen LogP contribution is -2.21. The smallest absolute Gasteiger partial charge is 0.348 e. The lowest BCUT2D eigenvalue weighted by molar-refractivity contribution is 0.0383. The molecule has 29 heavy (non-hydrogen) atoms. The van der Waals surface area contributed by atoms with E-state index < -0.39 is 5.97 Å². The number of aromatic nitrogens is 2. The van der Waals surface area contributed by atoms with E-state index in [1.165, 1.54) is 16.9 Å². The SMILES string of the molecule is Cc1ccc(OCCCCn2cnc3sc(C(=O)OC(C)C)c(C)c3c2=O)cc1. The van der Waals surface area contributed by atoms with Crippen molar-refractivity contribution in [2.75, 3.05) is 6.61 Å². The third-order valence-corrected chi connectivity index (χ3v) is 5.71. The van der Waals surface area contributed by atoms with Crippen molar-refractivity contribution in [1.29, 1.82) is 0 Å². The molecule has 0 N–H and O–H groups in total. The predicted molar refractivity (Wildman–Crippen MR) is 115 cm³/mol. The van der Waals surface area contributed by atoms with Crippen molar-refractivity contribution in [3.63, 3.8) is 0 Å². The third kappa shape index (κ3) is 5.03. The highest BCUT2D eigenvalue weighted by Crippen LogP contribution is 2.27. The highest BCUT2D eigenvalue weighted by molar-refractivity contribution is 7.20. The van der Waals surface area contributed by atoms with E-state index >= 15 is 0 Å². The molecule has 1 aromatic carbocycles. The van der Waals surface area contributed by atoms with Gasteiger partial charge in [0.05, 0.1) is 24.4 Å². The molecule has 0 unspecified atom stereocenters.